The average Bonchev–Trinajstić information content (AvgIpc) is 3.57. The van der Waals surface area contributed by atoms with Crippen LogP contribution >= 0.6 is 0 Å². The zero-order valence-corrected chi connectivity index (χ0v) is 18.6. The van der Waals surface area contributed by atoms with Crippen molar-refractivity contribution in [3.05, 3.63) is 59.8 Å². The third-order valence-corrected chi connectivity index (χ3v) is 5.65. The van der Waals surface area contributed by atoms with E-state index in [4.69, 9.17) is 0 Å². The third-order valence-electron chi connectivity index (χ3n) is 5.65. The number of amides is 3. The molecular weight excluding hydrogens is 481 g/mol. The van der Waals surface area contributed by atoms with Gasteiger partial charge in [-0.3, -0.25) is 14.6 Å². The Balaban J connectivity index is 1.46. The number of halogens is 3. The summed E-state index contributed by atoms with van der Waals surface area (Å²) in [6.45, 7) is -0.631. The average molecular weight is 500 g/mol. The van der Waals surface area contributed by atoms with Gasteiger partial charge in [-0.05, 0) is 25.0 Å². The van der Waals surface area contributed by atoms with Crippen LogP contribution in [0.2, 0.25) is 0 Å². The van der Waals surface area contributed by atoms with Crippen molar-refractivity contribution in [2.45, 2.75) is 31.5 Å². The van der Waals surface area contributed by atoms with Crippen LogP contribution in [0.15, 0.2) is 42.9 Å². The minimum Gasteiger partial charge on any atom is -0.395 e. The van der Waals surface area contributed by atoms with E-state index in [0.29, 0.717) is 11.3 Å². The highest BCUT2D eigenvalue weighted by Crippen LogP contribution is 2.41. The van der Waals surface area contributed by atoms with Crippen LogP contribution in [0, 0.1) is 0 Å². The molecule has 4 heterocycles. The third kappa shape index (κ3) is 4.66. The molecule has 1 aliphatic carbocycles. The number of carbonyl (C=O) groups excluding carboxylic acids is 2. The van der Waals surface area contributed by atoms with E-state index in [1.165, 1.54) is 37.3 Å². The van der Waals surface area contributed by atoms with Gasteiger partial charge in [0, 0.05) is 35.1 Å². The molecule has 36 heavy (non-hydrogen) atoms. The predicted molar refractivity (Wildman–Crippen MR) is 116 cm³/mol. The van der Waals surface area contributed by atoms with Crippen LogP contribution in [-0.4, -0.2) is 69.7 Å². The fraction of sp³-hybridized carbons (Fsp3) is 0.318. The van der Waals surface area contributed by atoms with Crippen LogP contribution in [0.3, 0.4) is 0 Å². The molecule has 1 saturated carbocycles. The molecule has 0 atom stereocenters. The predicted octanol–water partition coefficient (Wildman–Crippen LogP) is 2.28. The Hall–Kier alpha value is -4.20. The first-order valence-electron chi connectivity index (χ1n) is 10.9. The molecule has 0 spiro atoms. The Bertz CT molecular complexity index is 1340. The number of aliphatic hydroxyl groups excluding tert-OH is 1. The van der Waals surface area contributed by atoms with Crippen molar-refractivity contribution in [2.24, 2.45) is 0 Å². The van der Waals surface area contributed by atoms with Gasteiger partial charge in [0.05, 0.1) is 25.9 Å². The molecule has 1 N–H and O–H groups in total. The second-order valence-corrected chi connectivity index (χ2v) is 8.30. The van der Waals surface area contributed by atoms with Crippen LogP contribution in [0.25, 0.3) is 17.6 Å². The molecular formula is C22H19F3N8O3. The number of hydrogen-bond acceptors (Lipinski definition) is 8. The number of urea groups is 1. The Morgan fingerprint density at radius 2 is 1.86 bits per heavy atom. The fourth-order valence-corrected chi connectivity index (χ4v) is 3.77. The highest BCUT2D eigenvalue weighted by atomic mass is 19.4. The maximum atomic E-state index is 13.4. The van der Waals surface area contributed by atoms with Crippen LogP contribution in [-0.2, 0) is 17.5 Å². The maximum absolute atomic E-state index is 13.4. The zero-order chi connectivity index (χ0) is 25.4. The summed E-state index contributed by atoms with van der Waals surface area (Å²) in [4.78, 5) is 43.5. The molecule has 0 unspecified atom stereocenters. The van der Waals surface area contributed by atoms with E-state index in [0.717, 1.165) is 33.4 Å². The quantitative estimate of drug-likeness (QED) is 0.386. The van der Waals surface area contributed by atoms with Gasteiger partial charge in [0.1, 0.15) is 24.0 Å². The monoisotopic (exact) mass is 500 g/mol. The largest absolute Gasteiger partial charge is 0.433 e. The molecule has 0 radical (unpaired) electrons. The number of pyridine rings is 1. The Morgan fingerprint density at radius 1 is 1.11 bits per heavy atom. The van der Waals surface area contributed by atoms with Gasteiger partial charge in [0.25, 0.3) is 5.91 Å². The van der Waals surface area contributed by atoms with E-state index in [1.54, 1.807) is 0 Å². The maximum Gasteiger partial charge on any atom is 0.433 e. The summed E-state index contributed by atoms with van der Waals surface area (Å²) in [7, 11) is 0. The summed E-state index contributed by atoms with van der Waals surface area (Å²) in [6.07, 6.45) is 3.62. The molecule has 3 amide bonds. The molecule has 11 nitrogen and oxygen atoms in total. The van der Waals surface area contributed by atoms with Crippen molar-refractivity contribution < 1.29 is 27.9 Å². The van der Waals surface area contributed by atoms with Crippen LogP contribution in [0.5, 0.6) is 0 Å². The molecule has 2 fully saturated rings. The topological polar surface area (TPSA) is 130 Å². The molecule has 5 rings (SSSR count). The number of imide groups is 1. The minimum atomic E-state index is -4.63. The Kier molecular flexibility index (Phi) is 5.96. The van der Waals surface area contributed by atoms with E-state index in [-0.39, 0.29) is 36.1 Å². The number of rotatable bonds is 7. The normalized spacial score (nSPS) is 17.5. The first kappa shape index (κ1) is 23.5. The first-order chi connectivity index (χ1) is 17.2. The van der Waals surface area contributed by atoms with Crippen molar-refractivity contribution >= 4 is 18.1 Å². The molecule has 14 heteroatoms. The van der Waals surface area contributed by atoms with E-state index >= 15 is 0 Å². The summed E-state index contributed by atoms with van der Waals surface area (Å²) in [5.41, 5.74) is -0.101. The number of aromatic nitrogens is 6. The lowest BCUT2D eigenvalue weighted by Crippen LogP contribution is -2.33. The lowest BCUT2D eigenvalue weighted by atomic mass is 10.1. The van der Waals surface area contributed by atoms with Gasteiger partial charge in [-0.15, -0.1) is 5.10 Å². The Morgan fingerprint density at radius 3 is 2.53 bits per heavy atom. The summed E-state index contributed by atoms with van der Waals surface area (Å²) in [5, 5.41) is 13.6. The molecule has 3 aromatic heterocycles. The number of alkyl halides is 3. The fourth-order valence-electron chi connectivity index (χ4n) is 3.77. The molecule has 0 aromatic carbocycles. The van der Waals surface area contributed by atoms with Gasteiger partial charge in [0.15, 0.2) is 5.82 Å². The number of hydrogen-bond donors (Lipinski definition) is 1. The van der Waals surface area contributed by atoms with Crippen molar-refractivity contribution in [3.63, 3.8) is 0 Å². The summed E-state index contributed by atoms with van der Waals surface area (Å²) in [5.74, 6) is -0.663. The van der Waals surface area contributed by atoms with Gasteiger partial charge in [-0.25, -0.2) is 29.4 Å². The number of nitrogens with zero attached hydrogens (tertiary/aromatic N) is 8. The van der Waals surface area contributed by atoms with Crippen LogP contribution < -0.4 is 0 Å². The van der Waals surface area contributed by atoms with E-state index in [1.807, 2.05) is 0 Å². The lowest BCUT2D eigenvalue weighted by Gasteiger charge is -2.15. The number of aliphatic hydroxyl groups is 1. The van der Waals surface area contributed by atoms with Gasteiger partial charge >= 0.3 is 12.2 Å². The van der Waals surface area contributed by atoms with Crippen molar-refractivity contribution in [2.75, 3.05) is 13.2 Å². The van der Waals surface area contributed by atoms with Gasteiger partial charge in [0.2, 0.25) is 0 Å². The Labute approximate surface area is 201 Å². The zero-order valence-electron chi connectivity index (χ0n) is 18.6. The van der Waals surface area contributed by atoms with Gasteiger partial charge in [-0.2, -0.15) is 13.2 Å². The summed E-state index contributed by atoms with van der Waals surface area (Å²) < 4.78 is 41.3. The summed E-state index contributed by atoms with van der Waals surface area (Å²) >= 11 is 0. The molecule has 0 bridgehead atoms. The van der Waals surface area contributed by atoms with Crippen LogP contribution in [0.4, 0.5) is 18.0 Å². The van der Waals surface area contributed by atoms with E-state index in [9.17, 15) is 27.9 Å². The second-order valence-electron chi connectivity index (χ2n) is 8.30. The number of β-amino-alcohol motifs (C(OH)–C–C–N with tert-alkyl or cyclic N) is 1. The minimum absolute atomic E-state index is 0.00502. The highest BCUT2D eigenvalue weighted by Gasteiger charge is 2.41. The van der Waals surface area contributed by atoms with Crippen LogP contribution in [0.1, 0.15) is 35.7 Å². The first-order valence-corrected chi connectivity index (χ1v) is 10.9. The standard InChI is InChI=1S/C22H19F3N8O3/c23-22(24,25)18-6-15(5-16(29-18)14-1-2-14)19-28-12-31(30-19)10-17-20(35)33(21(36)32(17)3-4-34)9-13-7-26-11-27-8-13/h5-8,10-12,14,34H,1-4,9H2/b17-10-. The van der Waals surface area contributed by atoms with Crippen molar-refractivity contribution in [1.82, 2.24) is 39.5 Å². The molecule has 1 saturated heterocycles. The molecule has 186 valence electrons. The number of carbonyl (C=O) groups is 2. The highest BCUT2D eigenvalue weighted by molar-refractivity contribution is 6.13. The van der Waals surface area contributed by atoms with Crippen molar-refractivity contribution in [1.29, 1.82) is 0 Å². The van der Waals surface area contributed by atoms with E-state index in [2.05, 4.69) is 25.0 Å². The van der Waals surface area contributed by atoms with Gasteiger partial charge in [-0.1, -0.05) is 0 Å². The van der Waals surface area contributed by atoms with Crippen molar-refractivity contribution in [3.8, 4) is 11.4 Å². The smallest absolute Gasteiger partial charge is 0.395 e. The SMILES string of the molecule is O=C1/C(=C/n2cnc(-c3cc(C4CC4)nc(C(F)(F)F)c3)n2)N(CCO)C(=O)N1Cc1cncnc1. The molecule has 1 aliphatic heterocycles. The molecule has 2 aliphatic rings. The second kappa shape index (κ2) is 9.11. The molecule has 3 aromatic rings. The summed E-state index contributed by atoms with van der Waals surface area (Å²) in [6, 6.07) is 1.76. The van der Waals surface area contributed by atoms with E-state index < -0.39 is 30.4 Å². The van der Waals surface area contributed by atoms with Gasteiger partial charge < -0.3 is 5.11 Å². The lowest BCUT2D eigenvalue weighted by molar-refractivity contribution is -0.141.